The van der Waals surface area contributed by atoms with Gasteiger partial charge in [-0.3, -0.25) is 0 Å². The Morgan fingerprint density at radius 1 is 1.12 bits per heavy atom. The summed E-state index contributed by atoms with van der Waals surface area (Å²) in [7, 11) is -0.0486. The summed E-state index contributed by atoms with van der Waals surface area (Å²) in [4.78, 5) is 6.88. The van der Waals surface area contributed by atoms with Gasteiger partial charge in [-0.25, -0.2) is 0 Å². The Bertz CT molecular complexity index is 62.7. The zero-order valence-corrected chi connectivity index (χ0v) is 8.34. The van der Waals surface area contributed by atoms with E-state index in [1.54, 1.807) is 0 Å². The molecular formula is H2B2BaO5. The van der Waals surface area contributed by atoms with Crippen molar-refractivity contribution in [3.05, 3.63) is 0 Å². The van der Waals surface area contributed by atoms with E-state index in [9.17, 15) is 0 Å². The summed E-state index contributed by atoms with van der Waals surface area (Å²) in [5.74, 6) is 0. The van der Waals surface area contributed by atoms with Crippen molar-refractivity contribution in [2.45, 2.75) is 0 Å². The molecule has 0 bridgehead atoms. The fourth-order valence-corrected chi connectivity index (χ4v) is 0.0548. The first-order valence-electron chi connectivity index (χ1n) is 1.28. The molecule has 40 valence electrons. The Morgan fingerprint density at radius 2 is 1.50 bits per heavy atom. The topological polar surface area (TPSA) is 61.8 Å². The molecule has 0 saturated carbocycles. The molecule has 0 aromatic rings. The summed E-state index contributed by atoms with van der Waals surface area (Å²) in [5, 5.41) is 3.40. The van der Waals surface area contributed by atoms with E-state index in [1.807, 2.05) is 0 Å². The van der Waals surface area contributed by atoms with Crippen LogP contribution in [0.4, 0.5) is 0 Å². The smallest absolute Gasteiger partial charge is 1.00 e. The summed E-state index contributed by atoms with van der Waals surface area (Å²) in [5.41, 5.74) is 0. The molecule has 0 atom stereocenters. The van der Waals surface area contributed by atoms with Crippen molar-refractivity contribution in [1.29, 1.82) is 0 Å². The molecule has 8 heavy (non-hydrogen) atoms. The quantitative estimate of drug-likeness (QED) is 0.263. The molecule has 0 heterocycles. The largest absolute Gasteiger partial charge is 2.00 e. The van der Waals surface area contributed by atoms with Gasteiger partial charge in [0.2, 0.25) is 0 Å². The summed E-state index contributed by atoms with van der Waals surface area (Å²) < 4.78 is 18.3. The normalized spacial score (nSPS) is 5.00. The SMILES string of the molecule is O=BOOOB=O.[Ba+2].[H-].[H-]. The van der Waals surface area contributed by atoms with Crippen LogP contribution in [0.25, 0.3) is 0 Å². The van der Waals surface area contributed by atoms with Gasteiger partial charge in [-0.15, -0.1) is 0 Å². The van der Waals surface area contributed by atoms with Crippen LogP contribution in [0.5, 0.6) is 0 Å². The van der Waals surface area contributed by atoms with Crippen LogP contribution in [0.2, 0.25) is 0 Å². The minimum Gasteiger partial charge on any atom is -1.00 e. The molecule has 0 aliphatic carbocycles. The molecule has 8 heteroatoms. The van der Waals surface area contributed by atoms with Crippen molar-refractivity contribution < 1.29 is 26.9 Å². The second-order valence-corrected chi connectivity index (χ2v) is 0.453. The van der Waals surface area contributed by atoms with Crippen LogP contribution in [-0.2, 0) is 24.1 Å². The maximum absolute atomic E-state index is 9.14. The predicted molar refractivity (Wildman–Crippen MR) is 24.1 cm³/mol. The van der Waals surface area contributed by atoms with Crippen LogP contribution in [0.1, 0.15) is 2.85 Å². The third-order valence-electron chi connectivity index (χ3n) is 0.157. The minimum atomic E-state index is -0.0243. The van der Waals surface area contributed by atoms with E-state index in [0.29, 0.717) is 0 Å². The first-order valence-corrected chi connectivity index (χ1v) is 1.28. The van der Waals surface area contributed by atoms with Gasteiger partial charge in [0.15, 0.2) is 0 Å². The van der Waals surface area contributed by atoms with E-state index in [2.05, 4.69) is 14.6 Å². The van der Waals surface area contributed by atoms with Crippen molar-refractivity contribution in [3.8, 4) is 0 Å². The maximum Gasteiger partial charge on any atom is 2.00 e. The molecular weight excluding hydrogens is 239 g/mol. The fraction of sp³-hybridized carbons (Fsp3) is 0. The van der Waals surface area contributed by atoms with E-state index in [-0.39, 0.29) is 66.4 Å². The van der Waals surface area contributed by atoms with Crippen LogP contribution < -0.4 is 0 Å². The van der Waals surface area contributed by atoms with E-state index in [1.165, 1.54) is 0 Å². The molecule has 0 rings (SSSR count). The van der Waals surface area contributed by atoms with E-state index in [0.717, 1.165) is 0 Å². The van der Waals surface area contributed by atoms with Crippen molar-refractivity contribution in [2.24, 2.45) is 0 Å². The Balaban J connectivity index is -0.0000000600. The molecule has 0 aliphatic rings. The van der Waals surface area contributed by atoms with Crippen molar-refractivity contribution in [3.63, 3.8) is 0 Å². The Morgan fingerprint density at radius 3 is 1.75 bits per heavy atom. The number of hydrogen-bond acceptors (Lipinski definition) is 5. The standard InChI is InChI=1S/B2O5.Ba.2H/c3-1-5-7-6-2-4;;;/q;+2;2*-1. The summed E-state index contributed by atoms with van der Waals surface area (Å²) >= 11 is 0. The summed E-state index contributed by atoms with van der Waals surface area (Å²) in [6, 6.07) is 0. The Kier molecular flexibility index (Phi) is 15.7. The van der Waals surface area contributed by atoms with Crippen molar-refractivity contribution in [1.82, 2.24) is 0 Å². The van der Waals surface area contributed by atoms with Gasteiger partial charge in [0.1, 0.15) is 0 Å². The van der Waals surface area contributed by atoms with Gasteiger partial charge in [-0.05, 0) is 0 Å². The summed E-state index contributed by atoms with van der Waals surface area (Å²) in [6.45, 7) is 0. The van der Waals surface area contributed by atoms with Gasteiger partial charge in [0.05, 0.1) is 0 Å². The molecule has 0 amide bonds. The van der Waals surface area contributed by atoms with Crippen LogP contribution in [0.3, 0.4) is 0 Å². The van der Waals surface area contributed by atoms with Crippen LogP contribution in [0, 0.1) is 0 Å². The second kappa shape index (κ2) is 10.8. The van der Waals surface area contributed by atoms with Gasteiger partial charge in [0.25, 0.3) is 0 Å². The molecule has 0 aliphatic heterocycles. The molecule has 0 radical (unpaired) electrons. The molecule has 0 fully saturated rings. The first kappa shape index (κ1) is 11.6. The van der Waals surface area contributed by atoms with E-state index >= 15 is 0 Å². The van der Waals surface area contributed by atoms with E-state index < -0.39 is 0 Å². The van der Waals surface area contributed by atoms with Crippen molar-refractivity contribution in [2.75, 3.05) is 0 Å². The summed E-state index contributed by atoms with van der Waals surface area (Å²) in [6.07, 6.45) is 0. The Labute approximate surface area is 89.5 Å². The third kappa shape index (κ3) is 9.97. The van der Waals surface area contributed by atoms with Gasteiger partial charge in [-0.1, -0.05) is 0 Å². The molecule has 0 aromatic carbocycles. The predicted octanol–water partition coefficient (Wildman–Crippen LogP) is -1.36. The molecule has 0 saturated heterocycles. The van der Waals surface area contributed by atoms with Crippen LogP contribution >= 0.6 is 0 Å². The zero-order chi connectivity index (χ0) is 5.54. The number of hydrogen-bond donors (Lipinski definition) is 0. The average molecular weight is 241 g/mol. The second-order valence-electron chi connectivity index (χ2n) is 0.453. The van der Waals surface area contributed by atoms with Gasteiger partial charge in [-0.2, -0.15) is 0 Å². The molecule has 0 unspecified atom stereocenters. The van der Waals surface area contributed by atoms with E-state index in [4.69, 9.17) is 9.41 Å². The fourth-order valence-electron chi connectivity index (χ4n) is 0.0548. The zero-order valence-electron chi connectivity index (χ0n) is 5.90. The monoisotopic (exact) mass is 242 g/mol. The van der Waals surface area contributed by atoms with Crippen molar-refractivity contribution >= 4 is 63.6 Å². The molecule has 5 nitrogen and oxygen atoms in total. The van der Waals surface area contributed by atoms with Gasteiger partial charge >= 0.3 is 87.6 Å². The first-order chi connectivity index (χ1) is 3.41. The molecule has 0 aromatic heterocycles. The molecule has 0 spiro atoms. The average Bonchev–Trinajstić information content (AvgIpc) is 1.69. The maximum atomic E-state index is 9.14. The number of rotatable bonds is 4. The minimum absolute atomic E-state index is 0. The van der Waals surface area contributed by atoms with Gasteiger partial charge in [0, 0.05) is 0 Å². The van der Waals surface area contributed by atoms with Crippen LogP contribution in [0.15, 0.2) is 0 Å². The van der Waals surface area contributed by atoms with Crippen LogP contribution in [-0.4, -0.2) is 63.6 Å². The van der Waals surface area contributed by atoms with Gasteiger partial charge < -0.3 is 2.85 Å². The molecule has 0 N–H and O–H groups in total. The third-order valence-corrected chi connectivity index (χ3v) is 0.157. The Hall–Kier alpha value is 0.861.